The predicted octanol–water partition coefficient (Wildman–Crippen LogP) is 7.47. The van der Waals surface area contributed by atoms with Crippen LogP contribution in [-0.4, -0.2) is 8.80 Å². The van der Waals surface area contributed by atoms with E-state index in [-0.39, 0.29) is 0 Å². The minimum Gasteiger partial charge on any atom is -0.308 e. The largest absolute Gasteiger partial charge is 0.308 e. The molecule has 40 heavy (non-hydrogen) atoms. The number of hydrogen-bond donors (Lipinski definition) is 0. The Balaban J connectivity index is 1.75. The molecule has 0 radical (unpaired) electrons. The highest BCUT2D eigenvalue weighted by atomic mass is 14.9. The van der Waals surface area contributed by atoms with Gasteiger partial charge in [-0.3, -0.25) is 0 Å². The van der Waals surface area contributed by atoms with Crippen molar-refractivity contribution in [1.29, 1.82) is 21.0 Å². The molecule has 9 rings (SSSR count). The second-order valence-corrected chi connectivity index (χ2v) is 10.2. The molecular weight excluding hydrogens is 492 g/mol. The number of nitriles is 4. The third-order valence-electron chi connectivity index (χ3n) is 8.44. The Hall–Kier alpha value is -6.34. The highest BCUT2D eigenvalue weighted by Crippen LogP contribution is 2.51. The van der Waals surface area contributed by atoms with E-state index in [0.29, 0.717) is 22.3 Å². The molecule has 4 aromatic heterocycles. The molecule has 0 atom stereocenters. The van der Waals surface area contributed by atoms with Crippen LogP contribution < -0.4 is 0 Å². The molecule has 0 spiro atoms. The van der Waals surface area contributed by atoms with E-state index < -0.39 is 0 Å². The average Bonchev–Trinajstić information content (AvgIpc) is 3.71. The zero-order valence-electron chi connectivity index (χ0n) is 20.6. The van der Waals surface area contributed by atoms with Crippen LogP contribution in [0.25, 0.3) is 76.2 Å². The maximum Gasteiger partial charge on any atom is 0.0992 e. The van der Waals surface area contributed by atoms with Gasteiger partial charge in [0.15, 0.2) is 0 Å². The van der Waals surface area contributed by atoms with Crippen LogP contribution in [0.5, 0.6) is 0 Å². The molecule has 0 amide bonds. The third kappa shape index (κ3) is 2.15. The summed E-state index contributed by atoms with van der Waals surface area (Å²) in [5, 5.41) is 47.2. The second kappa shape index (κ2) is 6.75. The Morgan fingerprint density at radius 1 is 0.375 bits per heavy atom. The molecule has 0 aliphatic heterocycles. The molecule has 9 aromatic rings. The molecule has 0 bridgehead atoms. The van der Waals surface area contributed by atoms with Crippen LogP contribution in [0.4, 0.5) is 0 Å². The fraction of sp³-hybridized carbons (Fsp3) is 0. The van der Waals surface area contributed by atoms with Crippen molar-refractivity contribution in [3.8, 4) is 24.3 Å². The number of fused-ring (bicyclic) bond motifs is 14. The first-order chi connectivity index (χ1) is 19.7. The second-order valence-electron chi connectivity index (χ2n) is 10.2. The maximum absolute atomic E-state index is 9.79. The minimum atomic E-state index is 0.572. The van der Waals surface area contributed by atoms with Gasteiger partial charge >= 0.3 is 0 Å². The summed E-state index contributed by atoms with van der Waals surface area (Å²) < 4.78 is 4.43. The highest BCUT2D eigenvalue weighted by Gasteiger charge is 2.28. The van der Waals surface area contributed by atoms with Gasteiger partial charge in [-0.05, 0) is 60.7 Å². The predicted molar refractivity (Wildman–Crippen MR) is 155 cm³/mol. The summed E-state index contributed by atoms with van der Waals surface area (Å²) in [6, 6.07) is 32.3. The summed E-state index contributed by atoms with van der Waals surface area (Å²) in [6.45, 7) is 0. The number of aromatic nitrogens is 2. The molecular formula is C34H12N6. The van der Waals surface area contributed by atoms with Gasteiger partial charge in [0.1, 0.15) is 0 Å². The summed E-state index contributed by atoms with van der Waals surface area (Å²) in [4.78, 5) is 0. The third-order valence-corrected chi connectivity index (χ3v) is 8.44. The van der Waals surface area contributed by atoms with Crippen molar-refractivity contribution >= 4 is 76.2 Å². The minimum absolute atomic E-state index is 0.572. The van der Waals surface area contributed by atoms with Gasteiger partial charge in [0.05, 0.1) is 79.6 Å². The van der Waals surface area contributed by atoms with Crippen LogP contribution in [0.3, 0.4) is 0 Å². The van der Waals surface area contributed by atoms with Crippen molar-refractivity contribution in [2.75, 3.05) is 0 Å². The lowest BCUT2D eigenvalue weighted by atomic mass is 9.96. The smallest absolute Gasteiger partial charge is 0.0992 e. The van der Waals surface area contributed by atoms with Gasteiger partial charge in [-0.25, -0.2) is 0 Å². The van der Waals surface area contributed by atoms with E-state index in [9.17, 15) is 21.0 Å². The summed E-state index contributed by atoms with van der Waals surface area (Å²) >= 11 is 0. The summed E-state index contributed by atoms with van der Waals surface area (Å²) in [7, 11) is 0. The van der Waals surface area contributed by atoms with E-state index in [1.807, 2.05) is 72.8 Å². The molecule has 0 N–H and O–H groups in total. The van der Waals surface area contributed by atoms with E-state index in [2.05, 4.69) is 33.1 Å². The molecule has 0 aliphatic carbocycles. The zero-order chi connectivity index (χ0) is 26.9. The molecule has 0 saturated carbocycles. The van der Waals surface area contributed by atoms with Crippen LogP contribution in [0.1, 0.15) is 22.3 Å². The van der Waals surface area contributed by atoms with Crippen LogP contribution in [0, 0.1) is 45.3 Å². The maximum atomic E-state index is 9.79. The van der Waals surface area contributed by atoms with Gasteiger partial charge in [-0.15, -0.1) is 0 Å². The molecule has 0 saturated heterocycles. The molecule has 4 heterocycles. The van der Waals surface area contributed by atoms with E-state index >= 15 is 0 Å². The van der Waals surface area contributed by atoms with Gasteiger partial charge in [0, 0.05) is 43.1 Å². The van der Waals surface area contributed by atoms with Crippen molar-refractivity contribution < 1.29 is 0 Å². The van der Waals surface area contributed by atoms with Crippen LogP contribution in [-0.2, 0) is 0 Å². The van der Waals surface area contributed by atoms with E-state index in [0.717, 1.165) is 76.2 Å². The average molecular weight is 505 g/mol. The van der Waals surface area contributed by atoms with Gasteiger partial charge in [0.2, 0.25) is 0 Å². The lowest BCUT2D eigenvalue weighted by molar-refractivity contribution is 1.36. The van der Waals surface area contributed by atoms with Crippen molar-refractivity contribution in [2.45, 2.75) is 0 Å². The summed E-state index contributed by atoms with van der Waals surface area (Å²) in [5.41, 5.74) is 8.11. The molecule has 5 aromatic carbocycles. The van der Waals surface area contributed by atoms with E-state index in [4.69, 9.17) is 0 Å². The fourth-order valence-electron chi connectivity index (χ4n) is 6.96. The van der Waals surface area contributed by atoms with Crippen LogP contribution in [0.15, 0.2) is 72.8 Å². The number of nitrogens with zero attached hydrogens (tertiary/aromatic N) is 6. The first-order valence-electron chi connectivity index (χ1n) is 12.7. The van der Waals surface area contributed by atoms with Crippen molar-refractivity contribution in [3.05, 3.63) is 95.1 Å². The Labute approximate surface area is 225 Å². The molecule has 0 unspecified atom stereocenters. The van der Waals surface area contributed by atoms with Crippen LogP contribution >= 0.6 is 0 Å². The number of benzene rings is 5. The van der Waals surface area contributed by atoms with Crippen molar-refractivity contribution in [1.82, 2.24) is 8.80 Å². The van der Waals surface area contributed by atoms with Gasteiger partial charge in [-0.1, -0.05) is 12.1 Å². The van der Waals surface area contributed by atoms with E-state index in [1.54, 1.807) is 0 Å². The van der Waals surface area contributed by atoms with Gasteiger partial charge in [-0.2, -0.15) is 21.0 Å². The van der Waals surface area contributed by atoms with Crippen molar-refractivity contribution in [3.63, 3.8) is 0 Å². The lowest BCUT2D eigenvalue weighted by Gasteiger charge is -2.03. The summed E-state index contributed by atoms with van der Waals surface area (Å²) in [5.74, 6) is 0. The highest BCUT2D eigenvalue weighted by molar-refractivity contribution is 6.45. The Morgan fingerprint density at radius 2 is 0.725 bits per heavy atom. The Kier molecular flexibility index (Phi) is 3.49. The van der Waals surface area contributed by atoms with Gasteiger partial charge < -0.3 is 8.80 Å². The molecule has 0 fully saturated rings. The number of hydrogen-bond acceptors (Lipinski definition) is 4. The lowest BCUT2D eigenvalue weighted by Crippen LogP contribution is -1.82. The first kappa shape index (κ1) is 20.7. The molecule has 0 aliphatic rings. The first-order valence-corrected chi connectivity index (χ1v) is 12.7. The normalized spacial score (nSPS) is 11.9. The zero-order valence-corrected chi connectivity index (χ0v) is 20.6. The SMILES string of the molecule is N#Cc1ccc2c(c1)c1c3c4ccc(C#N)cc4n4c5ccc(C#N)cc5c(c5c6ccc(C#N)cc6n2c15)c34. The Bertz CT molecular complexity index is 2600. The monoisotopic (exact) mass is 504 g/mol. The Morgan fingerprint density at radius 3 is 1.12 bits per heavy atom. The van der Waals surface area contributed by atoms with Crippen molar-refractivity contribution in [2.24, 2.45) is 0 Å². The fourth-order valence-corrected chi connectivity index (χ4v) is 6.96. The quantitative estimate of drug-likeness (QED) is 0.214. The molecule has 6 heteroatoms. The van der Waals surface area contributed by atoms with Gasteiger partial charge in [0.25, 0.3) is 0 Å². The number of rotatable bonds is 0. The van der Waals surface area contributed by atoms with Crippen LogP contribution in [0.2, 0.25) is 0 Å². The standard InChI is InChI=1S/C34H12N6/c35-13-17-4-8-26-23(9-17)31-29-21-5-1-19(15-37)11-27(21)39-25-7-3-18(14-36)10-24(25)32(33(29)39)30-22-6-2-20(16-38)12-28(22)40(26)34(30)31/h1-12H. The van der Waals surface area contributed by atoms with E-state index in [1.165, 1.54) is 0 Å². The molecule has 178 valence electrons. The molecule has 6 nitrogen and oxygen atoms in total. The summed E-state index contributed by atoms with van der Waals surface area (Å²) in [6.07, 6.45) is 0. The topological polar surface area (TPSA) is 104 Å².